The minimum absolute atomic E-state index is 0.0967. The molecule has 2 N–H and O–H groups in total. The van der Waals surface area contributed by atoms with Crippen molar-refractivity contribution in [2.45, 2.75) is 45.3 Å². The van der Waals surface area contributed by atoms with Crippen LogP contribution in [0.5, 0.6) is 0 Å². The quantitative estimate of drug-likeness (QED) is 0.640. The zero-order chi connectivity index (χ0) is 21.8. The van der Waals surface area contributed by atoms with E-state index in [-0.39, 0.29) is 18.0 Å². The summed E-state index contributed by atoms with van der Waals surface area (Å²) < 4.78 is 7.67. The normalized spacial score (nSPS) is 21.9. The molecule has 0 aliphatic carbocycles. The highest BCUT2D eigenvalue weighted by molar-refractivity contribution is 5.90. The monoisotopic (exact) mass is 424 g/mol. The highest BCUT2D eigenvalue weighted by atomic mass is 16.5. The molecule has 0 saturated carbocycles. The average Bonchev–Trinajstić information content (AvgIpc) is 3.02. The van der Waals surface area contributed by atoms with Gasteiger partial charge in [-0.2, -0.15) is 0 Å². The lowest BCUT2D eigenvalue weighted by Crippen LogP contribution is -2.48. The number of hydrogen-bond acceptors (Lipinski definition) is 4. The van der Waals surface area contributed by atoms with Crippen molar-refractivity contribution in [1.82, 2.24) is 20.1 Å². The Bertz CT molecular complexity index is 914. The largest absolute Gasteiger partial charge is 0.379 e. The van der Waals surface area contributed by atoms with E-state index in [2.05, 4.69) is 64.9 Å². The predicted molar refractivity (Wildman–Crippen MR) is 125 cm³/mol. The summed E-state index contributed by atoms with van der Waals surface area (Å²) in [5, 5.41) is 8.20. The van der Waals surface area contributed by atoms with Gasteiger partial charge < -0.3 is 14.6 Å². The van der Waals surface area contributed by atoms with Gasteiger partial charge in [0.2, 0.25) is 5.91 Å². The molecule has 1 saturated heterocycles. The number of rotatable bonds is 8. The number of benzene rings is 1. The summed E-state index contributed by atoms with van der Waals surface area (Å²) in [7, 11) is 0. The number of hydrogen-bond donors (Lipinski definition) is 2. The van der Waals surface area contributed by atoms with Crippen LogP contribution in [0.15, 0.2) is 37.1 Å². The van der Waals surface area contributed by atoms with Crippen LogP contribution in [0.25, 0.3) is 10.9 Å². The summed E-state index contributed by atoms with van der Waals surface area (Å²) in [6, 6.07) is 6.48. The number of amides is 1. The maximum atomic E-state index is 13.2. The van der Waals surface area contributed by atoms with E-state index in [1.165, 1.54) is 22.0 Å². The van der Waals surface area contributed by atoms with Gasteiger partial charge in [-0.15, -0.1) is 6.58 Å². The molecule has 3 heterocycles. The molecular weight excluding hydrogens is 388 g/mol. The molecule has 0 bridgehead atoms. The Hall–Kier alpha value is -2.15. The van der Waals surface area contributed by atoms with Crippen LogP contribution in [-0.2, 0) is 22.5 Å². The van der Waals surface area contributed by atoms with Gasteiger partial charge in [-0.3, -0.25) is 15.0 Å². The number of nitrogens with zero attached hydrogens (tertiary/aromatic N) is 2. The summed E-state index contributed by atoms with van der Waals surface area (Å²) in [4.78, 5) is 15.5. The van der Waals surface area contributed by atoms with Crippen molar-refractivity contribution in [1.29, 1.82) is 0 Å². The van der Waals surface area contributed by atoms with Crippen molar-refractivity contribution in [3.63, 3.8) is 0 Å². The van der Waals surface area contributed by atoms with E-state index in [4.69, 9.17) is 4.74 Å². The standard InChI is InChI=1S/C25H36N4O2/c1-4-9-29-17-19-16-22(25(30)26-8-10-28-11-13-31-14-12-28)27-21(15-18(2)3)20-6-5-7-23(29)24(19)20/h4-7,17-18,21-22,27H,1,8-16H2,2-3H3,(H,26,30)/t21-,22-/m0/s1. The molecule has 2 aliphatic rings. The van der Waals surface area contributed by atoms with Gasteiger partial charge in [0.15, 0.2) is 0 Å². The molecule has 6 nitrogen and oxygen atoms in total. The number of carbonyl (C=O) groups excluding carboxylic acids is 1. The van der Waals surface area contributed by atoms with Gasteiger partial charge in [0.25, 0.3) is 0 Å². The second-order valence-electron chi connectivity index (χ2n) is 9.19. The van der Waals surface area contributed by atoms with Gasteiger partial charge in [0.05, 0.1) is 19.3 Å². The van der Waals surface area contributed by atoms with E-state index < -0.39 is 0 Å². The van der Waals surface area contributed by atoms with Crippen molar-refractivity contribution in [2.24, 2.45) is 5.92 Å². The smallest absolute Gasteiger partial charge is 0.237 e. The number of ether oxygens (including phenoxy) is 1. The maximum Gasteiger partial charge on any atom is 0.237 e. The first kappa shape index (κ1) is 22.1. The number of morpholine rings is 1. The molecule has 1 aromatic heterocycles. The zero-order valence-electron chi connectivity index (χ0n) is 18.9. The van der Waals surface area contributed by atoms with E-state index >= 15 is 0 Å². The second kappa shape index (κ2) is 9.98. The molecule has 1 amide bonds. The van der Waals surface area contributed by atoms with Crippen molar-refractivity contribution in [2.75, 3.05) is 39.4 Å². The lowest BCUT2D eigenvalue weighted by molar-refractivity contribution is -0.123. The predicted octanol–water partition coefficient (Wildman–Crippen LogP) is 2.88. The van der Waals surface area contributed by atoms with Crippen LogP contribution >= 0.6 is 0 Å². The second-order valence-corrected chi connectivity index (χ2v) is 9.19. The fourth-order valence-electron chi connectivity index (χ4n) is 4.94. The SMILES string of the molecule is C=CCn1cc2c3c(cccc31)[C@H](CC(C)C)N[C@H](C(=O)NCCN1CCOCC1)C2. The Balaban J connectivity index is 1.54. The van der Waals surface area contributed by atoms with E-state index in [0.29, 0.717) is 18.9 Å². The third kappa shape index (κ3) is 5.03. The molecule has 1 aromatic carbocycles. The van der Waals surface area contributed by atoms with Gasteiger partial charge in [-0.05, 0) is 36.0 Å². The van der Waals surface area contributed by atoms with E-state index in [1.807, 2.05) is 6.08 Å². The van der Waals surface area contributed by atoms with E-state index in [1.54, 1.807) is 0 Å². The molecule has 4 rings (SSSR count). The van der Waals surface area contributed by atoms with Crippen LogP contribution in [0.4, 0.5) is 0 Å². The van der Waals surface area contributed by atoms with Crippen molar-refractivity contribution in [3.8, 4) is 0 Å². The first-order chi connectivity index (χ1) is 15.1. The number of nitrogens with one attached hydrogen (secondary N) is 2. The topological polar surface area (TPSA) is 58.5 Å². The van der Waals surface area contributed by atoms with Crippen LogP contribution in [-0.4, -0.2) is 60.8 Å². The highest BCUT2D eigenvalue weighted by Gasteiger charge is 2.30. The maximum absolute atomic E-state index is 13.2. The molecule has 0 radical (unpaired) electrons. The first-order valence-corrected chi connectivity index (χ1v) is 11.6. The van der Waals surface area contributed by atoms with E-state index in [9.17, 15) is 4.79 Å². The minimum atomic E-state index is -0.233. The van der Waals surface area contributed by atoms with Gasteiger partial charge in [-0.25, -0.2) is 0 Å². The molecule has 0 unspecified atom stereocenters. The summed E-state index contributed by atoms with van der Waals surface area (Å²) in [6.07, 6.45) is 5.85. The molecule has 0 spiro atoms. The molecule has 6 heteroatoms. The molecule has 2 aliphatic heterocycles. The summed E-state index contributed by atoms with van der Waals surface area (Å²) in [6.45, 7) is 14.2. The lowest BCUT2D eigenvalue weighted by Gasteiger charge is -2.28. The highest BCUT2D eigenvalue weighted by Crippen LogP contribution is 2.35. The van der Waals surface area contributed by atoms with Gasteiger partial charge in [0, 0.05) is 55.9 Å². The van der Waals surface area contributed by atoms with E-state index in [0.717, 1.165) is 45.8 Å². The van der Waals surface area contributed by atoms with Crippen molar-refractivity contribution >= 4 is 16.8 Å². The first-order valence-electron chi connectivity index (χ1n) is 11.6. The molecule has 1 fully saturated rings. The Morgan fingerprint density at radius 2 is 2.16 bits per heavy atom. The number of aromatic nitrogens is 1. The van der Waals surface area contributed by atoms with Gasteiger partial charge in [0.1, 0.15) is 0 Å². The summed E-state index contributed by atoms with van der Waals surface area (Å²) in [5.41, 5.74) is 3.79. The number of carbonyl (C=O) groups is 1. The zero-order valence-corrected chi connectivity index (χ0v) is 18.9. The number of allylic oxidation sites excluding steroid dienone is 1. The van der Waals surface area contributed by atoms with Gasteiger partial charge in [-0.1, -0.05) is 32.1 Å². The van der Waals surface area contributed by atoms with Crippen molar-refractivity contribution in [3.05, 3.63) is 48.2 Å². The molecular formula is C25H36N4O2. The average molecular weight is 425 g/mol. The minimum Gasteiger partial charge on any atom is -0.379 e. The van der Waals surface area contributed by atoms with Crippen LogP contribution in [0.2, 0.25) is 0 Å². The van der Waals surface area contributed by atoms with Crippen LogP contribution in [0.1, 0.15) is 37.4 Å². The third-order valence-electron chi connectivity index (χ3n) is 6.40. The van der Waals surface area contributed by atoms with Crippen LogP contribution in [0.3, 0.4) is 0 Å². The fourth-order valence-corrected chi connectivity index (χ4v) is 4.94. The van der Waals surface area contributed by atoms with Crippen LogP contribution < -0.4 is 10.6 Å². The Labute approximate surface area is 185 Å². The summed E-state index contributed by atoms with van der Waals surface area (Å²) >= 11 is 0. The third-order valence-corrected chi connectivity index (χ3v) is 6.40. The van der Waals surface area contributed by atoms with Gasteiger partial charge >= 0.3 is 0 Å². The molecule has 31 heavy (non-hydrogen) atoms. The molecule has 2 aromatic rings. The Morgan fingerprint density at radius 1 is 1.35 bits per heavy atom. The molecule has 168 valence electrons. The summed E-state index contributed by atoms with van der Waals surface area (Å²) in [5.74, 6) is 0.633. The van der Waals surface area contributed by atoms with Crippen molar-refractivity contribution < 1.29 is 9.53 Å². The molecule has 2 atom stereocenters. The Morgan fingerprint density at radius 3 is 2.90 bits per heavy atom. The fraction of sp³-hybridized carbons (Fsp3) is 0.560. The lowest BCUT2D eigenvalue weighted by atomic mass is 9.94. The Kier molecular flexibility index (Phi) is 7.10. The van der Waals surface area contributed by atoms with Crippen LogP contribution in [0, 0.1) is 5.92 Å².